The Kier molecular flexibility index (Phi) is 3.62. The highest BCUT2D eigenvalue weighted by Crippen LogP contribution is 2.46. The summed E-state index contributed by atoms with van der Waals surface area (Å²) in [5, 5.41) is 20.8. The molecule has 1 aromatic carbocycles. The largest absolute Gasteiger partial charge is 0.504 e. The molecule has 0 heterocycles. The number of Topliss-reactive ketones (excluding diaryl/α,β-unsaturated/α-hetero) is 1. The van der Waals surface area contributed by atoms with Crippen LogP contribution in [0.25, 0.3) is 6.08 Å². The third kappa shape index (κ3) is 2.48. The first-order valence-electron chi connectivity index (χ1n) is 8.25. The van der Waals surface area contributed by atoms with E-state index in [1.165, 1.54) is 0 Å². The number of hydrogen-bond donors (Lipinski definition) is 2. The number of benzene rings is 1. The van der Waals surface area contributed by atoms with Crippen molar-refractivity contribution >= 4 is 11.9 Å². The second-order valence-electron chi connectivity index (χ2n) is 7.59. The Morgan fingerprint density at radius 1 is 1.13 bits per heavy atom. The number of carbonyl (C=O) groups excluding carboxylic acids is 1. The molecule has 0 bridgehead atoms. The lowest BCUT2D eigenvalue weighted by molar-refractivity contribution is -0.116. The molecule has 0 unspecified atom stereocenters. The molecule has 0 amide bonds. The number of rotatable bonds is 1. The summed E-state index contributed by atoms with van der Waals surface area (Å²) in [6.07, 6.45) is 5.78. The van der Waals surface area contributed by atoms with E-state index in [2.05, 4.69) is 13.8 Å². The summed E-state index contributed by atoms with van der Waals surface area (Å²) in [6, 6.07) is 1.93. The molecule has 3 heteroatoms. The van der Waals surface area contributed by atoms with Crippen LogP contribution in [0.15, 0.2) is 23.3 Å². The van der Waals surface area contributed by atoms with Crippen LogP contribution in [0.5, 0.6) is 11.5 Å². The molecule has 0 atom stereocenters. The normalized spacial score (nSPS) is 19.6. The predicted molar refractivity (Wildman–Crippen MR) is 91.6 cm³/mol. The topological polar surface area (TPSA) is 57.5 Å². The van der Waals surface area contributed by atoms with Crippen LogP contribution >= 0.6 is 0 Å². The fourth-order valence-electron chi connectivity index (χ4n) is 3.65. The SMILES string of the molecule is CC(C)c1cc2c(c(O)c1O)CC1=C(C=C2)C(C)(C)CCC1=O. The molecule has 0 radical (unpaired) electrons. The maximum Gasteiger partial charge on any atom is 0.161 e. The molecule has 1 aromatic rings. The van der Waals surface area contributed by atoms with Gasteiger partial charge in [0.1, 0.15) is 0 Å². The van der Waals surface area contributed by atoms with Crippen molar-refractivity contribution in [1.82, 2.24) is 0 Å². The minimum Gasteiger partial charge on any atom is -0.504 e. The molecule has 2 N–H and O–H groups in total. The Morgan fingerprint density at radius 3 is 2.48 bits per heavy atom. The summed E-state index contributed by atoms with van der Waals surface area (Å²) >= 11 is 0. The number of ketones is 1. The smallest absolute Gasteiger partial charge is 0.161 e. The molecule has 2 aliphatic rings. The van der Waals surface area contributed by atoms with Gasteiger partial charge in [0, 0.05) is 29.5 Å². The molecule has 3 nitrogen and oxygen atoms in total. The van der Waals surface area contributed by atoms with E-state index in [9.17, 15) is 15.0 Å². The van der Waals surface area contributed by atoms with Gasteiger partial charge in [-0.05, 0) is 35.0 Å². The molecule has 0 aliphatic heterocycles. The van der Waals surface area contributed by atoms with Crippen LogP contribution in [0.2, 0.25) is 0 Å². The van der Waals surface area contributed by atoms with Crippen LogP contribution in [0, 0.1) is 5.41 Å². The quantitative estimate of drug-likeness (QED) is 0.752. The van der Waals surface area contributed by atoms with Crippen LogP contribution in [-0.4, -0.2) is 16.0 Å². The van der Waals surface area contributed by atoms with Gasteiger partial charge in [-0.3, -0.25) is 4.79 Å². The van der Waals surface area contributed by atoms with E-state index >= 15 is 0 Å². The van der Waals surface area contributed by atoms with Crippen molar-refractivity contribution < 1.29 is 15.0 Å². The number of allylic oxidation sites excluding steroid dienone is 3. The first-order valence-corrected chi connectivity index (χ1v) is 8.25. The monoisotopic (exact) mass is 312 g/mol. The molecule has 0 spiro atoms. The Balaban J connectivity index is 2.20. The number of phenols is 2. The van der Waals surface area contributed by atoms with Crippen LogP contribution in [-0.2, 0) is 11.2 Å². The van der Waals surface area contributed by atoms with Crippen LogP contribution < -0.4 is 0 Å². The van der Waals surface area contributed by atoms with Crippen molar-refractivity contribution in [2.45, 2.75) is 52.9 Å². The van der Waals surface area contributed by atoms with E-state index in [0.29, 0.717) is 18.4 Å². The predicted octanol–water partition coefficient (Wildman–Crippen LogP) is 4.48. The molecule has 0 saturated heterocycles. The van der Waals surface area contributed by atoms with Gasteiger partial charge in [0.2, 0.25) is 0 Å². The van der Waals surface area contributed by atoms with Gasteiger partial charge in [-0.25, -0.2) is 0 Å². The summed E-state index contributed by atoms with van der Waals surface area (Å²) in [5.74, 6) is 0.131. The highest BCUT2D eigenvalue weighted by Gasteiger charge is 2.34. The second kappa shape index (κ2) is 5.26. The van der Waals surface area contributed by atoms with E-state index in [1.54, 1.807) is 0 Å². The van der Waals surface area contributed by atoms with E-state index in [0.717, 1.165) is 28.7 Å². The van der Waals surface area contributed by atoms with E-state index < -0.39 is 0 Å². The van der Waals surface area contributed by atoms with Crippen LogP contribution in [0.1, 0.15) is 63.1 Å². The molecular formula is C20H24O3. The van der Waals surface area contributed by atoms with Crippen molar-refractivity contribution in [3.8, 4) is 11.5 Å². The first-order chi connectivity index (χ1) is 10.7. The van der Waals surface area contributed by atoms with E-state index in [-0.39, 0.29) is 28.6 Å². The zero-order valence-electron chi connectivity index (χ0n) is 14.2. The van der Waals surface area contributed by atoms with Gasteiger partial charge >= 0.3 is 0 Å². The fourth-order valence-corrected chi connectivity index (χ4v) is 3.65. The molecule has 2 aliphatic carbocycles. The van der Waals surface area contributed by atoms with Crippen molar-refractivity contribution in [3.05, 3.63) is 40.0 Å². The zero-order chi connectivity index (χ0) is 16.9. The summed E-state index contributed by atoms with van der Waals surface area (Å²) in [6.45, 7) is 8.28. The van der Waals surface area contributed by atoms with Crippen molar-refractivity contribution in [2.75, 3.05) is 0 Å². The minimum absolute atomic E-state index is 0.0413. The molecule has 23 heavy (non-hydrogen) atoms. The Labute approximate surface area is 137 Å². The number of phenolic OH excluding ortho intramolecular Hbond substituents is 2. The highest BCUT2D eigenvalue weighted by molar-refractivity contribution is 5.99. The summed E-state index contributed by atoms with van der Waals surface area (Å²) in [7, 11) is 0. The van der Waals surface area contributed by atoms with Crippen LogP contribution in [0.3, 0.4) is 0 Å². The lowest BCUT2D eigenvalue weighted by atomic mass is 9.71. The Morgan fingerprint density at radius 2 is 1.83 bits per heavy atom. The number of hydrogen-bond acceptors (Lipinski definition) is 3. The van der Waals surface area contributed by atoms with Gasteiger partial charge in [0.05, 0.1) is 0 Å². The van der Waals surface area contributed by atoms with Crippen molar-refractivity contribution in [2.24, 2.45) is 5.41 Å². The number of aromatic hydroxyl groups is 2. The Bertz CT molecular complexity index is 749. The maximum absolute atomic E-state index is 12.4. The van der Waals surface area contributed by atoms with Crippen LogP contribution in [0.4, 0.5) is 0 Å². The number of fused-ring (bicyclic) bond motifs is 1. The lowest BCUT2D eigenvalue weighted by Crippen LogP contribution is -2.25. The summed E-state index contributed by atoms with van der Waals surface area (Å²) < 4.78 is 0. The highest BCUT2D eigenvalue weighted by atomic mass is 16.3. The van der Waals surface area contributed by atoms with E-state index in [4.69, 9.17) is 0 Å². The summed E-state index contributed by atoms with van der Waals surface area (Å²) in [5.41, 5.74) is 4.08. The second-order valence-corrected chi connectivity index (χ2v) is 7.59. The Hall–Kier alpha value is -2.03. The molecular weight excluding hydrogens is 288 g/mol. The molecule has 0 fully saturated rings. The molecule has 0 aromatic heterocycles. The van der Waals surface area contributed by atoms with Crippen molar-refractivity contribution in [1.29, 1.82) is 0 Å². The van der Waals surface area contributed by atoms with Gasteiger partial charge in [0.15, 0.2) is 17.3 Å². The average molecular weight is 312 g/mol. The fraction of sp³-hybridized carbons (Fsp3) is 0.450. The van der Waals surface area contributed by atoms with Crippen molar-refractivity contribution in [3.63, 3.8) is 0 Å². The van der Waals surface area contributed by atoms with Gasteiger partial charge in [-0.1, -0.05) is 39.8 Å². The zero-order valence-corrected chi connectivity index (χ0v) is 14.2. The average Bonchev–Trinajstić information content (AvgIpc) is 2.68. The third-order valence-electron chi connectivity index (χ3n) is 5.22. The van der Waals surface area contributed by atoms with Gasteiger partial charge < -0.3 is 10.2 Å². The molecule has 122 valence electrons. The van der Waals surface area contributed by atoms with Gasteiger partial charge in [-0.15, -0.1) is 0 Å². The molecule has 0 saturated carbocycles. The maximum atomic E-state index is 12.4. The first kappa shape index (κ1) is 15.9. The molecule has 3 rings (SSSR count). The van der Waals surface area contributed by atoms with E-state index in [1.807, 2.05) is 32.1 Å². The minimum atomic E-state index is -0.0826. The number of carbonyl (C=O) groups is 1. The third-order valence-corrected chi connectivity index (χ3v) is 5.22. The summed E-state index contributed by atoms with van der Waals surface area (Å²) in [4.78, 5) is 12.4. The van der Waals surface area contributed by atoms with Gasteiger partial charge in [0.25, 0.3) is 0 Å². The lowest BCUT2D eigenvalue weighted by Gasteiger charge is -2.32. The van der Waals surface area contributed by atoms with Gasteiger partial charge in [-0.2, -0.15) is 0 Å². The standard InChI is InChI=1S/C20H24O3/c1-11(2)13-9-12-5-6-16-15(10-14(12)19(23)18(13)22)17(21)7-8-20(16,3)4/h5-6,9,11,22-23H,7-8,10H2,1-4H3.